The first-order valence-electron chi connectivity index (χ1n) is 7.10. The fourth-order valence-electron chi connectivity index (χ4n) is 2.33. The number of thiazole rings is 1. The fraction of sp³-hybridized carbons (Fsp3) is 0.538. The molecule has 8 nitrogen and oxygen atoms in total. The van der Waals surface area contributed by atoms with E-state index in [1.807, 2.05) is 5.38 Å². The summed E-state index contributed by atoms with van der Waals surface area (Å²) in [7, 11) is 3.16. The molecule has 1 amide bonds. The summed E-state index contributed by atoms with van der Waals surface area (Å²) in [5, 5.41) is 9.78. The van der Waals surface area contributed by atoms with Gasteiger partial charge in [-0.15, -0.1) is 16.4 Å². The maximum Gasteiger partial charge on any atom is 0.314 e. The maximum absolute atomic E-state index is 12.0. The standard InChI is InChI=1S/C13H18N6O2S/c1-18-12(21-2)16-10(17-18)11(20)14-7-9-8-22-13(15-9)19-5-3-4-6-19/h8H,3-7H2,1-2H3,(H,14,20). The van der Waals surface area contributed by atoms with Crippen molar-refractivity contribution in [2.75, 3.05) is 25.1 Å². The smallest absolute Gasteiger partial charge is 0.314 e. The lowest BCUT2D eigenvalue weighted by Crippen LogP contribution is -2.24. The zero-order chi connectivity index (χ0) is 15.5. The molecule has 3 heterocycles. The molecule has 118 valence electrons. The number of rotatable bonds is 5. The van der Waals surface area contributed by atoms with Gasteiger partial charge in [0.2, 0.25) is 5.82 Å². The average Bonchev–Trinajstić information content (AvgIpc) is 3.24. The van der Waals surface area contributed by atoms with Crippen LogP contribution in [-0.2, 0) is 13.6 Å². The van der Waals surface area contributed by atoms with E-state index in [1.165, 1.54) is 24.6 Å². The van der Waals surface area contributed by atoms with Gasteiger partial charge in [0, 0.05) is 25.5 Å². The Balaban J connectivity index is 1.58. The molecule has 1 aliphatic rings. The van der Waals surface area contributed by atoms with Crippen LogP contribution in [0.25, 0.3) is 0 Å². The zero-order valence-electron chi connectivity index (χ0n) is 12.6. The van der Waals surface area contributed by atoms with Crippen LogP contribution in [0, 0.1) is 0 Å². The molecule has 2 aromatic rings. The number of carbonyl (C=O) groups excluding carboxylic acids is 1. The van der Waals surface area contributed by atoms with Crippen molar-refractivity contribution in [3.8, 4) is 6.01 Å². The van der Waals surface area contributed by atoms with Gasteiger partial charge < -0.3 is 15.0 Å². The van der Waals surface area contributed by atoms with Gasteiger partial charge >= 0.3 is 6.01 Å². The van der Waals surface area contributed by atoms with Crippen LogP contribution in [-0.4, -0.2) is 45.9 Å². The number of nitrogens with one attached hydrogen (secondary N) is 1. The molecule has 2 aromatic heterocycles. The SMILES string of the molecule is COc1nc(C(=O)NCc2csc(N3CCCC3)n2)nn1C. The Labute approximate surface area is 132 Å². The lowest BCUT2D eigenvalue weighted by Gasteiger charge is -2.12. The van der Waals surface area contributed by atoms with Crippen molar-refractivity contribution in [1.29, 1.82) is 0 Å². The predicted molar refractivity (Wildman–Crippen MR) is 82.3 cm³/mol. The van der Waals surface area contributed by atoms with E-state index in [0.29, 0.717) is 12.6 Å². The number of ether oxygens (including phenoxy) is 1. The van der Waals surface area contributed by atoms with Crippen molar-refractivity contribution >= 4 is 22.4 Å². The van der Waals surface area contributed by atoms with Gasteiger partial charge in [-0.2, -0.15) is 4.98 Å². The van der Waals surface area contributed by atoms with Gasteiger partial charge in [-0.05, 0) is 12.8 Å². The number of anilines is 1. The van der Waals surface area contributed by atoms with Crippen molar-refractivity contribution in [2.45, 2.75) is 19.4 Å². The van der Waals surface area contributed by atoms with Crippen molar-refractivity contribution < 1.29 is 9.53 Å². The van der Waals surface area contributed by atoms with Crippen LogP contribution in [0.5, 0.6) is 6.01 Å². The fourth-order valence-corrected chi connectivity index (χ4v) is 3.20. The normalized spacial score (nSPS) is 14.4. The Morgan fingerprint density at radius 1 is 1.41 bits per heavy atom. The minimum atomic E-state index is -0.338. The summed E-state index contributed by atoms with van der Waals surface area (Å²) in [6.07, 6.45) is 2.44. The molecule has 1 aliphatic heterocycles. The van der Waals surface area contributed by atoms with Crippen LogP contribution in [0.15, 0.2) is 5.38 Å². The van der Waals surface area contributed by atoms with Crippen molar-refractivity contribution in [3.63, 3.8) is 0 Å². The minimum Gasteiger partial charge on any atom is -0.467 e. The first kappa shape index (κ1) is 14.8. The topological polar surface area (TPSA) is 85.2 Å². The molecule has 0 saturated carbocycles. The van der Waals surface area contributed by atoms with Gasteiger partial charge in [-0.3, -0.25) is 4.79 Å². The van der Waals surface area contributed by atoms with Crippen LogP contribution >= 0.6 is 11.3 Å². The molecule has 1 saturated heterocycles. The first-order chi connectivity index (χ1) is 10.7. The lowest BCUT2D eigenvalue weighted by atomic mass is 10.4. The largest absolute Gasteiger partial charge is 0.467 e. The van der Waals surface area contributed by atoms with Gasteiger partial charge in [-0.25, -0.2) is 9.67 Å². The van der Waals surface area contributed by atoms with E-state index in [4.69, 9.17) is 4.74 Å². The number of methoxy groups -OCH3 is 1. The van der Waals surface area contributed by atoms with Gasteiger partial charge in [0.05, 0.1) is 19.3 Å². The number of hydrogen-bond donors (Lipinski definition) is 1. The lowest BCUT2D eigenvalue weighted by molar-refractivity contribution is 0.0939. The quantitative estimate of drug-likeness (QED) is 0.877. The number of carbonyl (C=O) groups is 1. The number of aromatic nitrogens is 4. The second-order valence-corrected chi connectivity index (χ2v) is 5.88. The van der Waals surface area contributed by atoms with Crippen molar-refractivity contribution in [2.24, 2.45) is 7.05 Å². The Hall–Kier alpha value is -2.16. The Bertz CT molecular complexity index is 661. The molecular formula is C13H18N6O2S. The van der Waals surface area contributed by atoms with E-state index in [0.717, 1.165) is 23.9 Å². The molecule has 0 bridgehead atoms. The molecule has 0 spiro atoms. The number of amides is 1. The highest BCUT2D eigenvalue weighted by molar-refractivity contribution is 7.13. The minimum absolute atomic E-state index is 0.0920. The van der Waals surface area contributed by atoms with E-state index in [2.05, 4.69) is 25.3 Å². The van der Waals surface area contributed by atoms with Crippen LogP contribution in [0.4, 0.5) is 5.13 Å². The van der Waals surface area contributed by atoms with Gasteiger partial charge in [0.25, 0.3) is 5.91 Å². The Morgan fingerprint density at radius 3 is 2.86 bits per heavy atom. The molecule has 0 aliphatic carbocycles. The summed E-state index contributed by atoms with van der Waals surface area (Å²) in [4.78, 5) is 22.9. The molecule has 22 heavy (non-hydrogen) atoms. The zero-order valence-corrected chi connectivity index (χ0v) is 13.4. The molecule has 9 heteroatoms. The molecule has 1 N–H and O–H groups in total. The monoisotopic (exact) mass is 322 g/mol. The second kappa shape index (κ2) is 6.30. The summed E-state index contributed by atoms with van der Waals surface area (Å²) in [6, 6.07) is 0.301. The molecule has 1 fully saturated rings. The molecule has 0 aromatic carbocycles. The van der Waals surface area contributed by atoms with Crippen LogP contribution < -0.4 is 15.0 Å². The first-order valence-corrected chi connectivity index (χ1v) is 7.98. The summed E-state index contributed by atoms with van der Waals surface area (Å²) < 4.78 is 6.41. The Morgan fingerprint density at radius 2 is 2.18 bits per heavy atom. The van der Waals surface area contributed by atoms with E-state index in [-0.39, 0.29) is 11.7 Å². The number of nitrogens with zero attached hydrogens (tertiary/aromatic N) is 5. The van der Waals surface area contributed by atoms with Gasteiger partial charge in [0.15, 0.2) is 5.13 Å². The summed E-state index contributed by atoms with van der Waals surface area (Å²) in [5.41, 5.74) is 0.850. The molecule has 0 atom stereocenters. The van der Waals surface area contributed by atoms with Gasteiger partial charge in [0.1, 0.15) is 0 Å². The molecule has 0 unspecified atom stereocenters. The molecule has 3 rings (SSSR count). The van der Waals surface area contributed by atoms with E-state index < -0.39 is 0 Å². The van der Waals surface area contributed by atoms with Crippen LogP contribution in [0.3, 0.4) is 0 Å². The predicted octanol–water partition coefficient (Wildman–Crippen LogP) is 0.810. The van der Waals surface area contributed by atoms with Crippen molar-refractivity contribution in [3.05, 3.63) is 16.9 Å². The molecular weight excluding hydrogens is 304 g/mol. The van der Waals surface area contributed by atoms with Crippen LogP contribution in [0.1, 0.15) is 29.2 Å². The van der Waals surface area contributed by atoms with E-state index in [9.17, 15) is 4.79 Å². The van der Waals surface area contributed by atoms with E-state index in [1.54, 1.807) is 18.4 Å². The third-order valence-electron chi connectivity index (χ3n) is 3.46. The van der Waals surface area contributed by atoms with Crippen LogP contribution in [0.2, 0.25) is 0 Å². The summed E-state index contributed by atoms with van der Waals surface area (Å²) in [6.45, 7) is 2.50. The van der Waals surface area contributed by atoms with Gasteiger partial charge in [-0.1, -0.05) is 0 Å². The molecule has 0 radical (unpaired) electrons. The highest BCUT2D eigenvalue weighted by atomic mass is 32.1. The summed E-state index contributed by atoms with van der Waals surface area (Å²) >= 11 is 1.61. The third-order valence-corrected chi connectivity index (χ3v) is 4.41. The highest BCUT2D eigenvalue weighted by Gasteiger charge is 2.17. The second-order valence-electron chi connectivity index (χ2n) is 5.04. The number of aryl methyl sites for hydroxylation is 1. The van der Waals surface area contributed by atoms with E-state index >= 15 is 0 Å². The summed E-state index contributed by atoms with van der Waals surface area (Å²) in [5.74, 6) is -0.246. The van der Waals surface area contributed by atoms with Crippen molar-refractivity contribution in [1.82, 2.24) is 25.1 Å². The maximum atomic E-state index is 12.0. The highest BCUT2D eigenvalue weighted by Crippen LogP contribution is 2.24. The third kappa shape index (κ3) is 3.03. The Kier molecular flexibility index (Phi) is 4.23. The number of hydrogen-bond acceptors (Lipinski definition) is 7. The average molecular weight is 322 g/mol.